The molecule has 0 spiro atoms. The smallest absolute Gasteiger partial charge is 0.345 e. The van der Waals surface area contributed by atoms with Crippen molar-refractivity contribution in [2.75, 3.05) is 0 Å². The molecule has 0 aliphatic heterocycles. The van der Waals surface area contributed by atoms with Crippen molar-refractivity contribution in [2.45, 2.75) is 12.8 Å². The van der Waals surface area contributed by atoms with Gasteiger partial charge in [0.25, 0.3) is 0 Å². The van der Waals surface area contributed by atoms with E-state index in [0.717, 1.165) is 0 Å². The molecule has 0 saturated heterocycles. The lowest BCUT2D eigenvalue weighted by Gasteiger charge is -2.00. The van der Waals surface area contributed by atoms with Gasteiger partial charge in [0.1, 0.15) is 0 Å². The van der Waals surface area contributed by atoms with Gasteiger partial charge in [-0.2, -0.15) is 5.48 Å². The molecule has 0 aromatic carbocycles. The molecule has 0 aliphatic carbocycles. The van der Waals surface area contributed by atoms with E-state index in [1.807, 2.05) is 0 Å². The molecule has 72 valence electrons. The van der Waals surface area contributed by atoms with Crippen molar-refractivity contribution in [3.05, 3.63) is 0 Å². The van der Waals surface area contributed by atoms with E-state index >= 15 is 0 Å². The van der Waals surface area contributed by atoms with E-state index in [0.29, 0.717) is 0 Å². The number of carboxylic acids is 1. The van der Waals surface area contributed by atoms with Crippen LogP contribution in [0.15, 0.2) is 0 Å². The molecule has 0 fully saturated rings. The van der Waals surface area contributed by atoms with Crippen LogP contribution in [0, 0.1) is 0 Å². The first-order valence-corrected chi connectivity index (χ1v) is 2.99. The largest absolute Gasteiger partial charge is 0.481 e. The van der Waals surface area contributed by atoms with Crippen LogP contribution in [0.3, 0.4) is 0 Å². The molecule has 0 aliphatic rings. The third-order valence-electron chi connectivity index (χ3n) is 0.808. The summed E-state index contributed by atoms with van der Waals surface area (Å²) in [6.45, 7) is 0. The highest BCUT2D eigenvalue weighted by molar-refractivity contribution is 5.78. The lowest BCUT2D eigenvalue weighted by atomic mass is 10.3. The van der Waals surface area contributed by atoms with Gasteiger partial charge < -0.3 is 15.7 Å². The van der Waals surface area contributed by atoms with Crippen LogP contribution in [0.25, 0.3) is 0 Å². The van der Waals surface area contributed by atoms with Gasteiger partial charge in [-0.15, -0.1) is 0 Å². The SMILES string of the molecule is NC(=O)NOC(=O)CCC(=O)O.[MgH2]. The highest BCUT2D eigenvalue weighted by atomic mass is 24.3. The van der Waals surface area contributed by atoms with Crippen molar-refractivity contribution in [3.8, 4) is 0 Å². The number of hydroxylamine groups is 1. The summed E-state index contributed by atoms with van der Waals surface area (Å²) in [5, 5.41) is 8.12. The Morgan fingerprint density at radius 1 is 1.31 bits per heavy atom. The highest BCUT2D eigenvalue weighted by Gasteiger charge is 2.07. The average molecular weight is 202 g/mol. The van der Waals surface area contributed by atoms with Crippen LogP contribution in [-0.2, 0) is 14.4 Å². The molecular formula is C5H10MgN2O5. The summed E-state index contributed by atoms with van der Waals surface area (Å²) in [5.74, 6) is -1.97. The Bertz CT molecular complexity index is 187. The molecule has 0 bridgehead atoms. The second-order valence-corrected chi connectivity index (χ2v) is 1.83. The molecular weight excluding hydrogens is 192 g/mol. The van der Waals surface area contributed by atoms with Crippen molar-refractivity contribution in [1.29, 1.82) is 0 Å². The quantitative estimate of drug-likeness (QED) is 0.363. The summed E-state index contributed by atoms with van der Waals surface area (Å²) in [4.78, 5) is 34.4. The second kappa shape index (κ2) is 7.62. The molecule has 0 aromatic rings. The molecule has 7 nitrogen and oxygen atoms in total. The van der Waals surface area contributed by atoms with Crippen LogP contribution < -0.4 is 11.2 Å². The number of carbonyl (C=O) groups excluding carboxylic acids is 2. The summed E-state index contributed by atoms with van der Waals surface area (Å²) in [6.07, 6.45) is -0.658. The minimum atomic E-state index is -1.12. The first-order valence-electron chi connectivity index (χ1n) is 2.99. The number of hydrogen-bond acceptors (Lipinski definition) is 4. The van der Waals surface area contributed by atoms with Gasteiger partial charge in [-0.05, 0) is 0 Å². The van der Waals surface area contributed by atoms with Crippen molar-refractivity contribution >= 4 is 41.0 Å². The van der Waals surface area contributed by atoms with Gasteiger partial charge in [0.05, 0.1) is 12.8 Å². The fraction of sp³-hybridized carbons (Fsp3) is 0.400. The third-order valence-corrected chi connectivity index (χ3v) is 0.808. The van der Waals surface area contributed by atoms with Crippen molar-refractivity contribution in [3.63, 3.8) is 0 Å². The molecule has 0 rings (SSSR count). The number of rotatable bonds is 3. The molecule has 0 aromatic heterocycles. The van der Waals surface area contributed by atoms with Crippen LogP contribution in [-0.4, -0.2) is 46.1 Å². The van der Waals surface area contributed by atoms with Crippen LogP contribution in [0.5, 0.6) is 0 Å². The Kier molecular flexibility index (Phi) is 8.49. The van der Waals surface area contributed by atoms with E-state index in [1.54, 1.807) is 5.48 Å². The van der Waals surface area contributed by atoms with Crippen molar-refractivity contribution in [2.24, 2.45) is 5.73 Å². The molecule has 0 unspecified atom stereocenters. The Morgan fingerprint density at radius 2 is 1.85 bits per heavy atom. The number of carboxylic acid groups (broad SMARTS) is 1. The molecule has 0 heterocycles. The lowest BCUT2D eigenvalue weighted by Crippen LogP contribution is -2.31. The van der Waals surface area contributed by atoms with Crippen molar-refractivity contribution in [1.82, 2.24) is 5.48 Å². The summed E-state index contributed by atoms with van der Waals surface area (Å²) < 4.78 is 0. The number of carbonyl (C=O) groups is 3. The molecule has 0 saturated carbocycles. The molecule has 2 amide bonds. The normalized spacial score (nSPS) is 8.00. The Hall–Kier alpha value is -1.02. The summed E-state index contributed by atoms with van der Waals surface area (Å²) in [7, 11) is 0. The first kappa shape index (κ1) is 14.5. The Balaban J connectivity index is 0. The van der Waals surface area contributed by atoms with Crippen LogP contribution >= 0.6 is 0 Å². The lowest BCUT2D eigenvalue weighted by molar-refractivity contribution is -0.151. The maximum Gasteiger partial charge on any atom is 0.345 e. The predicted molar refractivity (Wildman–Crippen MR) is 44.2 cm³/mol. The fourth-order valence-corrected chi connectivity index (χ4v) is 0.367. The number of urea groups is 1. The molecule has 0 radical (unpaired) electrons. The Morgan fingerprint density at radius 3 is 2.23 bits per heavy atom. The second-order valence-electron chi connectivity index (χ2n) is 1.83. The topological polar surface area (TPSA) is 119 Å². The summed E-state index contributed by atoms with van der Waals surface area (Å²) in [6, 6.07) is -1.02. The Labute approximate surface area is 89.7 Å². The van der Waals surface area contributed by atoms with Crippen LogP contribution in [0.4, 0.5) is 4.79 Å². The van der Waals surface area contributed by atoms with E-state index in [2.05, 4.69) is 10.6 Å². The minimum absolute atomic E-state index is 0. The van der Waals surface area contributed by atoms with Gasteiger partial charge in [-0.1, -0.05) is 0 Å². The van der Waals surface area contributed by atoms with Gasteiger partial charge in [-0.25, -0.2) is 9.59 Å². The number of hydrogen-bond donors (Lipinski definition) is 3. The van der Waals surface area contributed by atoms with E-state index in [9.17, 15) is 14.4 Å². The number of amides is 2. The van der Waals surface area contributed by atoms with Gasteiger partial charge in [0.15, 0.2) is 0 Å². The molecule has 0 atom stereocenters. The number of primary amides is 1. The van der Waals surface area contributed by atoms with Gasteiger partial charge in [0.2, 0.25) is 0 Å². The molecule has 4 N–H and O–H groups in total. The number of aliphatic carboxylic acids is 1. The zero-order valence-corrected chi connectivity index (χ0v) is 6.07. The van der Waals surface area contributed by atoms with E-state index in [-0.39, 0.29) is 35.9 Å². The molecule has 13 heavy (non-hydrogen) atoms. The predicted octanol–water partition coefficient (Wildman–Crippen LogP) is -1.94. The zero-order valence-electron chi connectivity index (χ0n) is 6.07. The maximum atomic E-state index is 10.5. The monoisotopic (exact) mass is 202 g/mol. The standard InChI is InChI=1S/C5H8N2O5.Mg.2H/c6-5(11)7-12-4(10)2-1-3(8)9;;;/h1-2H2,(H,8,9)(H3,6,7,11);;;. The van der Waals surface area contributed by atoms with Crippen LogP contribution in [0.1, 0.15) is 12.8 Å². The summed E-state index contributed by atoms with van der Waals surface area (Å²) in [5.41, 5.74) is 6.12. The van der Waals surface area contributed by atoms with Crippen molar-refractivity contribution < 1.29 is 24.3 Å². The minimum Gasteiger partial charge on any atom is -0.481 e. The maximum absolute atomic E-state index is 10.5. The number of nitrogens with one attached hydrogen (secondary N) is 1. The fourth-order valence-electron chi connectivity index (χ4n) is 0.367. The van der Waals surface area contributed by atoms with Gasteiger partial charge in [-0.3, -0.25) is 4.79 Å². The van der Waals surface area contributed by atoms with E-state index in [1.165, 1.54) is 0 Å². The summed E-state index contributed by atoms with van der Waals surface area (Å²) >= 11 is 0. The zero-order chi connectivity index (χ0) is 9.56. The third kappa shape index (κ3) is 11.0. The van der Waals surface area contributed by atoms with E-state index < -0.39 is 18.0 Å². The highest BCUT2D eigenvalue weighted by Crippen LogP contribution is 1.90. The molecule has 8 heteroatoms. The van der Waals surface area contributed by atoms with E-state index in [4.69, 9.17) is 5.11 Å². The first-order chi connectivity index (χ1) is 5.52. The van der Waals surface area contributed by atoms with Crippen LogP contribution in [0.2, 0.25) is 0 Å². The average Bonchev–Trinajstić information content (AvgIpc) is 1.96. The van der Waals surface area contributed by atoms with Gasteiger partial charge >= 0.3 is 41.0 Å². The number of nitrogens with two attached hydrogens (primary N) is 1. The van der Waals surface area contributed by atoms with Gasteiger partial charge in [0, 0.05) is 0 Å².